The Bertz CT molecular complexity index is 761. The molecule has 2 amide bonds. The van der Waals surface area contributed by atoms with Crippen LogP contribution in [-0.2, 0) is 14.3 Å². The number of hydrogen-bond acceptors (Lipinski definition) is 5. The van der Waals surface area contributed by atoms with E-state index in [-0.39, 0.29) is 25.5 Å². The van der Waals surface area contributed by atoms with Gasteiger partial charge in [-0.15, -0.1) is 0 Å². The summed E-state index contributed by atoms with van der Waals surface area (Å²) in [5.41, 5.74) is 0.128. The molecule has 0 radical (unpaired) electrons. The molecule has 1 aromatic rings. The summed E-state index contributed by atoms with van der Waals surface area (Å²) in [6.45, 7) is 12.7. The normalized spacial score (nSPS) is 17.1. The first-order chi connectivity index (χ1) is 12.7. The number of rotatable bonds is 2. The number of amides is 2. The molecule has 1 aliphatic heterocycles. The van der Waals surface area contributed by atoms with Crippen molar-refractivity contribution in [3.05, 3.63) is 41.2 Å². The van der Waals surface area contributed by atoms with Crippen molar-refractivity contribution in [2.24, 2.45) is 0 Å². The third-order valence-electron chi connectivity index (χ3n) is 4.01. The SMILES string of the molecule is [C-]#[N+]c1ccc(C(=O)N2CCN(C(=O)OC(C)(C)C)CC2C(=O)OC)cc1. The van der Waals surface area contributed by atoms with E-state index in [1.54, 1.807) is 45.0 Å². The molecule has 1 saturated heterocycles. The molecular formula is C19H23N3O5. The molecule has 1 aliphatic rings. The molecule has 0 aliphatic carbocycles. The maximum absolute atomic E-state index is 12.8. The zero-order valence-electron chi connectivity index (χ0n) is 15.9. The van der Waals surface area contributed by atoms with Gasteiger partial charge in [-0.05, 0) is 20.8 Å². The molecule has 8 nitrogen and oxygen atoms in total. The van der Waals surface area contributed by atoms with Crippen molar-refractivity contribution in [1.29, 1.82) is 0 Å². The molecule has 0 aromatic heterocycles. The summed E-state index contributed by atoms with van der Waals surface area (Å²) in [6.07, 6.45) is -0.537. The highest BCUT2D eigenvalue weighted by molar-refractivity contribution is 5.97. The molecular weight excluding hydrogens is 350 g/mol. The minimum Gasteiger partial charge on any atom is -0.467 e. The predicted molar refractivity (Wildman–Crippen MR) is 97.4 cm³/mol. The lowest BCUT2D eigenvalue weighted by Gasteiger charge is -2.40. The number of carbonyl (C=O) groups excluding carboxylic acids is 3. The van der Waals surface area contributed by atoms with Crippen molar-refractivity contribution in [1.82, 2.24) is 9.80 Å². The molecule has 1 heterocycles. The Hall–Kier alpha value is -3.08. The smallest absolute Gasteiger partial charge is 0.410 e. The van der Waals surface area contributed by atoms with Gasteiger partial charge in [-0.2, -0.15) is 0 Å². The van der Waals surface area contributed by atoms with Crippen LogP contribution in [0.25, 0.3) is 4.85 Å². The van der Waals surface area contributed by atoms with Gasteiger partial charge in [-0.1, -0.05) is 24.3 Å². The van der Waals surface area contributed by atoms with Gasteiger partial charge in [0.2, 0.25) is 0 Å². The first-order valence-electron chi connectivity index (χ1n) is 8.50. The third kappa shape index (κ3) is 4.97. The van der Waals surface area contributed by atoms with Crippen LogP contribution in [-0.4, -0.2) is 66.2 Å². The zero-order valence-corrected chi connectivity index (χ0v) is 15.9. The lowest BCUT2D eigenvalue weighted by molar-refractivity contribution is -0.147. The molecule has 144 valence electrons. The van der Waals surface area contributed by atoms with Crippen LogP contribution in [0.4, 0.5) is 10.5 Å². The Kier molecular flexibility index (Phi) is 6.05. The lowest BCUT2D eigenvalue weighted by Crippen LogP contribution is -2.60. The fraction of sp³-hybridized carbons (Fsp3) is 0.474. The highest BCUT2D eigenvalue weighted by Gasteiger charge is 2.39. The van der Waals surface area contributed by atoms with Crippen LogP contribution in [0.5, 0.6) is 0 Å². The van der Waals surface area contributed by atoms with E-state index in [2.05, 4.69) is 4.85 Å². The highest BCUT2D eigenvalue weighted by Crippen LogP contribution is 2.20. The van der Waals surface area contributed by atoms with E-state index in [0.717, 1.165) is 0 Å². The molecule has 27 heavy (non-hydrogen) atoms. The monoisotopic (exact) mass is 373 g/mol. The van der Waals surface area contributed by atoms with Crippen LogP contribution < -0.4 is 0 Å². The van der Waals surface area contributed by atoms with Gasteiger partial charge in [-0.25, -0.2) is 14.4 Å². The summed E-state index contributed by atoms with van der Waals surface area (Å²) in [5.74, 6) is -0.958. The number of nitrogens with zero attached hydrogens (tertiary/aromatic N) is 3. The standard InChI is InChI=1S/C19H23N3O5/c1-19(2,3)27-18(25)21-10-11-22(15(12-21)17(24)26-5)16(23)13-6-8-14(20-4)9-7-13/h6-9,15H,10-12H2,1-3,5H3. The molecule has 0 spiro atoms. The molecule has 0 bridgehead atoms. The van der Waals surface area contributed by atoms with Crippen molar-refractivity contribution in [3.8, 4) is 0 Å². The van der Waals surface area contributed by atoms with E-state index in [1.165, 1.54) is 16.9 Å². The van der Waals surface area contributed by atoms with Gasteiger partial charge >= 0.3 is 12.1 Å². The van der Waals surface area contributed by atoms with E-state index >= 15 is 0 Å². The molecule has 0 N–H and O–H groups in total. The average molecular weight is 373 g/mol. The molecule has 1 unspecified atom stereocenters. The van der Waals surface area contributed by atoms with Gasteiger partial charge in [0.1, 0.15) is 11.6 Å². The van der Waals surface area contributed by atoms with Crippen LogP contribution >= 0.6 is 0 Å². The van der Waals surface area contributed by atoms with Gasteiger partial charge < -0.3 is 19.3 Å². The first-order valence-corrected chi connectivity index (χ1v) is 8.50. The summed E-state index contributed by atoms with van der Waals surface area (Å²) >= 11 is 0. The van der Waals surface area contributed by atoms with Crippen LogP contribution in [0.15, 0.2) is 24.3 Å². The van der Waals surface area contributed by atoms with Gasteiger partial charge in [0.25, 0.3) is 5.91 Å². The molecule has 1 fully saturated rings. The van der Waals surface area contributed by atoms with Crippen molar-refractivity contribution in [3.63, 3.8) is 0 Å². The maximum Gasteiger partial charge on any atom is 0.410 e. The van der Waals surface area contributed by atoms with Gasteiger partial charge in [0.05, 0.1) is 20.2 Å². The van der Waals surface area contributed by atoms with Gasteiger partial charge in [0.15, 0.2) is 5.69 Å². The molecule has 2 rings (SSSR count). The quantitative estimate of drug-likeness (QED) is 0.588. The summed E-state index contributed by atoms with van der Waals surface area (Å²) in [4.78, 5) is 43.5. The molecule has 0 saturated carbocycles. The van der Waals surface area contributed by atoms with Crippen molar-refractivity contribution >= 4 is 23.7 Å². The van der Waals surface area contributed by atoms with Crippen molar-refractivity contribution in [2.45, 2.75) is 32.4 Å². The topological polar surface area (TPSA) is 80.5 Å². The largest absolute Gasteiger partial charge is 0.467 e. The average Bonchev–Trinajstić information content (AvgIpc) is 2.65. The zero-order chi connectivity index (χ0) is 20.2. The minimum atomic E-state index is -0.927. The highest BCUT2D eigenvalue weighted by atomic mass is 16.6. The Morgan fingerprint density at radius 3 is 2.30 bits per heavy atom. The van der Waals surface area contributed by atoms with E-state index in [0.29, 0.717) is 11.3 Å². The van der Waals surface area contributed by atoms with Crippen molar-refractivity contribution < 1.29 is 23.9 Å². The number of methoxy groups -OCH3 is 1. The summed E-state index contributed by atoms with van der Waals surface area (Å²) in [5, 5.41) is 0. The second kappa shape index (κ2) is 8.08. The number of ether oxygens (including phenoxy) is 2. The summed E-state index contributed by atoms with van der Waals surface area (Å²) in [6, 6.07) is 5.26. The predicted octanol–water partition coefficient (Wildman–Crippen LogP) is 2.47. The molecule has 1 atom stereocenters. The second-order valence-electron chi connectivity index (χ2n) is 7.12. The third-order valence-corrected chi connectivity index (χ3v) is 4.01. The Labute approximate surface area is 158 Å². The van der Waals surface area contributed by atoms with Crippen molar-refractivity contribution in [2.75, 3.05) is 26.7 Å². The number of benzene rings is 1. The lowest BCUT2D eigenvalue weighted by atomic mass is 10.1. The molecule has 8 heteroatoms. The number of hydrogen-bond donors (Lipinski definition) is 0. The van der Waals surface area contributed by atoms with Crippen LogP contribution in [0.1, 0.15) is 31.1 Å². The second-order valence-corrected chi connectivity index (χ2v) is 7.12. The number of carbonyl (C=O) groups is 3. The Morgan fingerprint density at radius 2 is 1.78 bits per heavy atom. The number of esters is 1. The summed E-state index contributed by atoms with van der Waals surface area (Å²) in [7, 11) is 1.24. The Balaban J connectivity index is 2.19. The Morgan fingerprint density at radius 1 is 1.15 bits per heavy atom. The van der Waals surface area contributed by atoms with E-state index in [4.69, 9.17) is 16.0 Å². The minimum absolute atomic E-state index is 0.00648. The van der Waals surface area contributed by atoms with Crippen LogP contribution in [0.2, 0.25) is 0 Å². The first kappa shape index (κ1) is 20.2. The fourth-order valence-corrected chi connectivity index (χ4v) is 2.70. The van der Waals surface area contributed by atoms with Crippen LogP contribution in [0, 0.1) is 6.57 Å². The van der Waals surface area contributed by atoms with Gasteiger partial charge in [-0.3, -0.25) is 4.79 Å². The van der Waals surface area contributed by atoms with Gasteiger partial charge in [0, 0.05) is 18.7 Å². The molecule has 1 aromatic carbocycles. The van der Waals surface area contributed by atoms with E-state index < -0.39 is 23.7 Å². The maximum atomic E-state index is 12.8. The van der Waals surface area contributed by atoms with E-state index in [9.17, 15) is 14.4 Å². The fourth-order valence-electron chi connectivity index (χ4n) is 2.70. The van der Waals surface area contributed by atoms with Crippen LogP contribution in [0.3, 0.4) is 0 Å². The van der Waals surface area contributed by atoms with E-state index in [1.807, 2.05) is 0 Å². The number of piperazine rings is 1. The summed E-state index contributed by atoms with van der Waals surface area (Å²) < 4.78 is 10.2.